The van der Waals surface area contributed by atoms with Crippen molar-refractivity contribution >= 4 is 23.5 Å². The Morgan fingerprint density at radius 1 is 1.20 bits per heavy atom. The third-order valence-electron chi connectivity index (χ3n) is 6.98. The molecule has 2 aromatic heterocycles. The molecule has 212 valence electrons. The summed E-state index contributed by atoms with van der Waals surface area (Å²) in [6, 6.07) is 11.7. The molecule has 3 heterocycles. The lowest BCUT2D eigenvalue weighted by Gasteiger charge is -2.35. The molecule has 1 aromatic carbocycles. The van der Waals surface area contributed by atoms with E-state index in [1.807, 2.05) is 39.0 Å². The molecule has 0 saturated carbocycles. The summed E-state index contributed by atoms with van der Waals surface area (Å²) in [4.78, 5) is 49.2. The van der Waals surface area contributed by atoms with Crippen molar-refractivity contribution in [3.63, 3.8) is 0 Å². The lowest BCUT2D eigenvalue weighted by Crippen LogP contribution is -2.41. The summed E-state index contributed by atoms with van der Waals surface area (Å²) in [5, 5.41) is 12.4. The molecule has 11 nitrogen and oxygen atoms in total. The van der Waals surface area contributed by atoms with Gasteiger partial charge in [-0.15, -0.1) is 0 Å². The molecular formula is C30H34N8O3. The Labute approximate surface area is 238 Å². The number of rotatable bonds is 8. The predicted octanol–water partition coefficient (Wildman–Crippen LogP) is 3.73. The van der Waals surface area contributed by atoms with E-state index in [0.717, 1.165) is 29.5 Å². The van der Waals surface area contributed by atoms with Crippen molar-refractivity contribution in [2.24, 2.45) is 11.7 Å². The van der Waals surface area contributed by atoms with Gasteiger partial charge in [0.1, 0.15) is 23.2 Å². The van der Waals surface area contributed by atoms with Crippen molar-refractivity contribution in [1.82, 2.24) is 19.5 Å². The number of nitrogen functional groups attached to an aromatic ring is 1. The quantitative estimate of drug-likeness (QED) is 0.216. The highest BCUT2D eigenvalue weighted by Gasteiger charge is 2.35. The Bertz CT molecular complexity index is 1530. The van der Waals surface area contributed by atoms with Gasteiger partial charge in [-0.1, -0.05) is 39.0 Å². The molecular weight excluding hydrogens is 520 g/mol. The summed E-state index contributed by atoms with van der Waals surface area (Å²) in [5.41, 5.74) is 7.97. The highest BCUT2D eigenvalue weighted by molar-refractivity contribution is 6.04. The lowest BCUT2D eigenvalue weighted by molar-refractivity contribution is -0.130. The number of imidazole rings is 1. The highest BCUT2D eigenvalue weighted by Crippen LogP contribution is 2.34. The summed E-state index contributed by atoms with van der Waals surface area (Å²) >= 11 is 0. The normalized spacial score (nSPS) is 15.4. The number of likely N-dealkylation sites (tertiary alicyclic amines) is 1. The lowest BCUT2D eigenvalue weighted by atomic mass is 9.99. The van der Waals surface area contributed by atoms with E-state index in [4.69, 9.17) is 16.6 Å². The predicted molar refractivity (Wildman–Crippen MR) is 155 cm³/mol. The number of benzene rings is 1. The minimum absolute atomic E-state index is 0.0178. The van der Waals surface area contributed by atoms with Gasteiger partial charge < -0.3 is 21.8 Å². The van der Waals surface area contributed by atoms with Crippen LogP contribution in [0, 0.1) is 17.2 Å². The Morgan fingerprint density at radius 2 is 1.93 bits per heavy atom. The first-order chi connectivity index (χ1) is 19.6. The number of allylic oxidation sites excluding steroid dienone is 1. The monoisotopic (exact) mass is 554 g/mol. The largest absolute Gasteiger partial charge is 0.364 e. The molecule has 0 bridgehead atoms. The number of hydrogen-bond acceptors (Lipinski definition) is 7. The number of pyridine rings is 1. The number of nitriles is 1. The molecule has 0 radical (unpaired) electrons. The number of aryl methyl sites for hydroxylation is 1. The van der Waals surface area contributed by atoms with Crippen LogP contribution >= 0.6 is 0 Å². The van der Waals surface area contributed by atoms with E-state index in [0.29, 0.717) is 35.7 Å². The zero-order valence-electron chi connectivity index (χ0n) is 23.4. The number of nitrogens with zero attached hydrogens (tertiary/aromatic N) is 5. The van der Waals surface area contributed by atoms with Crippen molar-refractivity contribution in [3.05, 3.63) is 76.9 Å². The summed E-state index contributed by atoms with van der Waals surface area (Å²) in [7, 11) is 0. The Kier molecular flexibility index (Phi) is 8.82. The molecule has 4 rings (SSSR count). The number of anilines is 1. The first kappa shape index (κ1) is 29.0. The zero-order chi connectivity index (χ0) is 29.7. The maximum absolute atomic E-state index is 13.3. The molecule has 0 aliphatic carbocycles. The van der Waals surface area contributed by atoms with Gasteiger partial charge in [-0.25, -0.2) is 14.6 Å². The summed E-state index contributed by atoms with van der Waals surface area (Å²) < 4.78 is 1.14. The fourth-order valence-corrected chi connectivity index (χ4v) is 4.94. The van der Waals surface area contributed by atoms with E-state index in [1.165, 1.54) is 0 Å². The molecule has 41 heavy (non-hydrogen) atoms. The number of nitrogens with two attached hydrogens (primary N) is 2. The van der Waals surface area contributed by atoms with Crippen LogP contribution in [0.5, 0.6) is 0 Å². The van der Waals surface area contributed by atoms with E-state index >= 15 is 0 Å². The van der Waals surface area contributed by atoms with Gasteiger partial charge in [0, 0.05) is 23.9 Å². The number of piperidine rings is 1. The van der Waals surface area contributed by atoms with Crippen molar-refractivity contribution in [1.29, 1.82) is 5.26 Å². The van der Waals surface area contributed by atoms with Crippen LogP contribution in [0.25, 0.3) is 11.3 Å². The number of hydrogen-bond donors (Lipinski definition) is 3. The molecule has 1 aliphatic rings. The molecule has 1 saturated heterocycles. The number of aromatic nitrogens is 3. The SMILES string of the molecule is CCc1ccnc(NC(=O)c2ccc(-c3nc(C4CCCCN4C(=O)/C(C#N)=C/C(C)C)n(N)c3C(N)=O)cc2)c1. The van der Waals surface area contributed by atoms with E-state index in [1.54, 1.807) is 41.4 Å². The van der Waals surface area contributed by atoms with Gasteiger partial charge in [-0.2, -0.15) is 5.26 Å². The van der Waals surface area contributed by atoms with Crippen molar-refractivity contribution < 1.29 is 14.4 Å². The first-order valence-electron chi connectivity index (χ1n) is 13.6. The van der Waals surface area contributed by atoms with Crippen molar-refractivity contribution in [3.8, 4) is 17.3 Å². The second-order valence-electron chi connectivity index (χ2n) is 10.3. The maximum atomic E-state index is 13.3. The highest BCUT2D eigenvalue weighted by atomic mass is 16.2. The first-order valence-corrected chi connectivity index (χ1v) is 13.6. The van der Waals surface area contributed by atoms with Crippen LogP contribution in [0.3, 0.4) is 0 Å². The molecule has 3 aromatic rings. The number of carbonyl (C=O) groups is 3. The molecule has 1 aliphatic heterocycles. The average Bonchev–Trinajstić information content (AvgIpc) is 3.32. The minimum atomic E-state index is -0.781. The van der Waals surface area contributed by atoms with Gasteiger partial charge in [0.25, 0.3) is 17.7 Å². The van der Waals surface area contributed by atoms with E-state index in [9.17, 15) is 19.6 Å². The van der Waals surface area contributed by atoms with Crippen LogP contribution in [-0.2, 0) is 11.2 Å². The van der Waals surface area contributed by atoms with E-state index in [-0.39, 0.29) is 28.8 Å². The number of nitrogens with one attached hydrogen (secondary N) is 1. The molecule has 1 unspecified atom stereocenters. The third kappa shape index (κ3) is 6.27. The summed E-state index contributed by atoms with van der Waals surface area (Å²) in [6.07, 6.45) is 6.25. The van der Waals surface area contributed by atoms with Crippen LogP contribution in [0.4, 0.5) is 5.82 Å². The van der Waals surface area contributed by atoms with Crippen LogP contribution in [0.1, 0.15) is 78.3 Å². The van der Waals surface area contributed by atoms with Crippen LogP contribution < -0.4 is 16.9 Å². The second-order valence-corrected chi connectivity index (χ2v) is 10.3. The molecule has 3 amide bonds. The molecule has 11 heteroatoms. The Morgan fingerprint density at radius 3 is 2.56 bits per heavy atom. The maximum Gasteiger partial charge on any atom is 0.269 e. The molecule has 1 atom stereocenters. The van der Waals surface area contributed by atoms with Gasteiger partial charge in [-0.05, 0) is 61.4 Å². The Hall–Kier alpha value is -4.98. The average molecular weight is 555 g/mol. The minimum Gasteiger partial charge on any atom is -0.364 e. The standard InChI is InChI=1S/C30H34N8O3/c1-4-19-12-13-34-24(16-19)35-29(40)21-10-8-20(9-11-21)25-26(27(32)39)38(33)28(36-25)23-7-5-6-14-37(23)30(41)22(17-31)15-18(2)3/h8-13,15-16,18,23H,4-7,14,33H2,1-3H3,(H2,32,39)(H,34,35,40)/b22-15+. The van der Waals surface area contributed by atoms with Crippen LogP contribution in [0.15, 0.2) is 54.2 Å². The second kappa shape index (κ2) is 12.5. The Balaban J connectivity index is 1.65. The van der Waals surface area contributed by atoms with Gasteiger partial charge in [0.15, 0.2) is 11.5 Å². The zero-order valence-corrected chi connectivity index (χ0v) is 23.4. The number of carbonyl (C=O) groups excluding carboxylic acids is 3. The van der Waals surface area contributed by atoms with Gasteiger partial charge in [0.05, 0.1) is 6.04 Å². The van der Waals surface area contributed by atoms with Crippen LogP contribution in [0.2, 0.25) is 0 Å². The number of primary amides is 1. The number of amides is 3. The topological polar surface area (TPSA) is 173 Å². The van der Waals surface area contributed by atoms with Gasteiger partial charge in [-0.3, -0.25) is 14.4 Å². The summed E-state index contributed by atoms with van der Waals surface area (Å²) in [5.74, 6) is 5.63. The molecule has 1 fully saturated rings. The molecule has 0 spiro atoms. The van der Waals surface area contributed by atoms with E-state index in [2.05, 4.69) is 10.3 Å². The van der Waals surface area contributed by atoms with E-state index < -0.39 is 17.9 Å². The third-order valence-corrected chi connectivity index (χ3v) is 6.98. The fraction of sp³-hybridized carbons (Fsp3) is 0.333. The van der Waals surface area contributed by atoms with Gasteiger partial charge >= 0.3 is 0 Å². The van der Waals surface area contributed by atoms with Crippen LogP contribution in [-0.4, -0.2) is 43.8 Å². The molecule has 5 N–H and O–H groups in total. The fourth-order valence-electron chi connectivity index (χ4n) is 4.94. The smallest absolute Gasteiger partial charge is 0.269 e. The summed E-state index contributed by atoms with van der Waals surface area (Å²) in [6.45, 7) is 6.23. The van der Waals surface area contributed by atoms with Crippen molar-refractivity contribution in [2.45, 2.75) is 52.5 Å². The van der Waals surface area contributed by atoms with Gasteiger partial charge in [0.2, 0.25) is 0 Å². The van der Waals surface area contributed by atoms with Crippen molar-refractivity contribution in [2.75, 3.05) is 17.7 Å².